The summed E-state index contributed by atoms with van der Waals surface area (Å²) < 4.78 is 11.4. The van der Waals surface area contributed by atoms with E-state index in [1.54, 1.807) is 30.3 Å². The van der Waals surface area contributed by atoms with Gasteiger partial charge in [0.15, 0.2) is 15.8 Å². The van der Waals surface area contributed by atoms with Crippen molar-refractivity contribution in [1.29, 1.82) is 0 Å². The SMILES string of the molecule is CCOc1ccc(/C=C2/SC(=S)N(NC(=O)Nc3ccc(Cl)c(Cl)c3)C2=O)cc1OCC. The Morgan fingerprint density at radius 3 is 2.50 bits per heavy atom. The molecule has 3 rings (SSSR count). The number of carbonyl (C=O) groups is 2. The van der Waals surface area contributed by atoms with Gasteiger partial charge < -0.3 is 14.8 Å². The fraction of sp³-hybridized carbons (Fsp3) is 0.190. The van der Waals surface area contributed by atoms with E-state index in [-0.39, 0.29) is 4.32 Å². The Balaban J connectivity index is 1.72. The van der Waals surface area contributed by atoms with Crippen molar-refractivity contribution < 1.29 is 19.1 Å². The average Bonchev–Trinajstić information content (AvgIpc) is 3.00. The Bertz CT molecular complexity index is 1090. The highest BCUT2D eigenvalue weighted by atomic mass is 35.5. The first kappa shape index (κ1) is 24.2. The highest BCUT2D eigenvalue weighted by Gasteiger charge is 2.33. The highest BCUT2D eigenvalue weighted by molar-refractivity contribution is 8.26. The summed E-state index contributed by atoms with van der Waals surface area (Å²) in [7, 11) is 0. The molecule has 0 saturated carbocycles. The van der Waals surface area contributed by atoms with Crippen LogP contribution in [-0.4, -0.2) is 34.5 Å². The largest absolute Gasteiger partial charge is 0.490 e. The number of ether oxygens (including phenoxy) is 2. The van der Waals surface area contributed by atoms with Gasteiger partial charge in [-0.25, -0.2) is 10.2 Å². The Labute approximate surface area is 205 Å². The molecule has 2 aromatic rings. The fourth-order valence-electron chi connectivity index (χ4n) is 2.71. The van der Waals surface area contributed by atoms with Crippen molar-refractivity contribution in [3.63, 3.8) is 0 Å². The number of amides is 3. The minimum Gasteiger partial charge on any atom is -0.490 e. The van der Waals surface area contributed by atoms with Crippen molar-refractivity contribution in [1.82, 2.24) is 10.4 Å². The number of urea groups is 1. The first-order valence-corrected chi connectivity index (χ1v) is 11.5. The van der Waals surface area contributed by atoms with Gasteiger partial charge in [-0.05, 0) is 68.0 Å². The van der Waals surface area contributed by atoms with Crippen LogP contribution < -0.4 is 20.2 Å². The quantitative estimate of drug-likeness (QED) is 0.365. The van der Waals surface area contributed by atoms with E-state index in [0.717, 1.165) is 22.3 Å². The second-order valence-electron chi connectivity index (χ2n) is 6.28. The number of hydrazine groups is 1. The lowest BCUT2D eigenvalue weighted by atomic mass is 10.2. The number of anilines is 1. The fourth-order valence-corrected chi connectivity index (χ4v) is 4.18. The van der Waals surface area contributed by atoms with E-state index in [0.29, 0.717) is 45.4 Å². The van der Waals surface area contributed by atoms with Crippen molar-refractivity contribution in [3.05, 3.63) is 56.9 Å². The molecule has 0 bridgehead atoms. The van der Waals surface area contributed by atoms with Crippen molar-refractivity contribution in [2.24, 2.45) is 0 Å². The Morgan fingerprint density at radius 2 is 1.81 bits per heavy atom. The molecule has 1 saturated heterocycles. The van der Waals surface area contributed by atoms with Gasteiger partial charge in [-0.2, -0.15) is 5.01 Å². The van der Waals surface area contributed by atoms with Crippen LogP contribution in [0.3, 0.4) is 0 Å². The van der Waals surface area contributed by atoms with Crippen LogP contribution in [0.1, 0.15) is 19.4 Å². The lowest BCUT2D eigenvalue weighted by Gasteiger charge is -2.16. The first-order chi connectivity index (χ1) is 15.3. The summed E-state index contributed by atoms with van der Waals surface area (Å²) in [6, 6.07) is 9.35. The molecular formula is C21H19Cl2N3O4S2. The molecule has 1 aliphatic rings. The normalized spacial score (nSPS) is 14.6. The van der Waals surface area contributed by atoms with E-state index in [1.165, 1.54) is 6.07 Å². The van der Waals surface area contributed by atoms with E-state index >= 15 is 0 Å². The van der Waals surface area contributed by atoms with Gasteiger partial charge in [-0.15, -0.1) is 0 Å². The van der Waals surface area contributed by atoms with Crippen LogP contribution in [0.15, 0.2) is 41.3 Å². The number of benzene rings is 2. The van der Waals surface area contributed by atoms with Gasteiger partial charge >= 0.3 is 6.03 Å². The zero-order chi connectivity index (χ0) is 23.3. The molecule has 2 aromatic carbocycles. The number of rotatable bonds is 7. The van der Waals surface area contributed by atoms with Crippen molar-refractivity contribution >= 4 is 75.2 Å². The van der Waals surface area contributed by atoms with Crippen molar-refractivity contribution in [2.45, 2.75) is 13.8 Å². The Hall–Kier alpha value is -2.46. The molecule has 32 heavy (non-hydrogen) atoms. The predicted octanol–water partition coefficient (Wildman–Crippen LogP) is 5.73. The number of halogens is 2. The molecule has 3 amide bonds. The number of hydrogen-bond donors (Lipinski definition) is 2. The molecular weight excluding hydrogens is 493 g/mol. The van der Waals surface area contributed by atoms with E-state index in [1.807, 2.05) is 19.9 Å². The zero-order valence-corrected chi connectivity index (χ0v) is 20.3. The molecule has 168 valence electrons. The second kappa shape index (κ2) is 10.9. The molecule has 1 aliphatic heterocycles. The van der Waals surface area contributed by atoms with Gasteiger partial charge in [0.25, 0.3) is 5.91 Å². The number of hydrogen-bond acceptors (Lipinski definition) is 6. The molecule has 0 unspecified atom stereocenters. The Morgan fingerprint density at radius 1 is 1.09 bits per heavy atom. The summed E-state index contributed by atoms with van der Waals surface area (Å²) in [5.74, 6) is 0.758. The van der Waals surface area contributed by atoms with Crippen LogP contribution in [0.4, 0.5) is 10.5 Å². The third kappa shape index (κ3) is 5.86. The smallest absolute Gasteiger partial charge is 0.338 e. The molecule has 11 heteroatoms. The number of nitrogens with one attached hydrogen (secondary N) is 2. The van der Waals surface area contributed by atoms with E-state index in [9.17, 15) is 9.59 Å². The summed E-state index contributed by atoms with van der Waals surface area (Å²) in [6.07, 6.45) is 1.68. The van der Waals surface area contributed by atoms with Gasteiger partial charge in [0.05, 0.1) is 28.2 Å². The molecule has 0 spiro atoms. The summed E-state index contributed by atoms with van der Waals surface area (Å²) in [4.78, 5) is 25.5. The van der Waals surface area contributed by atoms with Crippen LogP contribution >= 0.6 is 47.2 Å². The van der Waals surface area contributed by atoms with Crippen LogP contribution in [-0.2, 0) is 4.79 Å². The van der Waals surface area contributed by atoms with Crippen molar-refractivity contribution in [2.75, 3.05) is 18.5 Å². The minimum absolute atomic E-state index is 0.196. The molecule has 7 nitrogen and oxygen atoms in total. The van der Waals surface area contributed by atoms with Gasteiger partial charge in [0.1, 0.15) is 0 Å². The molecule has 0 atom stereocenters. The third-order valence-corrected chi connectivity index (χ3v) is 6.09. The topological polar surface area (TPSA) is 79.9 Å². The maximum Gasteiger partial charge on any atom is 0.338 e. The zero-order valence-electron chi connectivity index (χ0n) is 17.1. The molecule has 0 aromatic heterocycles. The second-order valence-corrected chi connectivity index (χ2v) is 8.77. The number of carbonyl (C=O) groups excluding carboxylic acids is 2. The van der Waals surface area contributed by atoms with Crippen LogP contribution in [0.5, 0.6) is 11.5 Å². The summed E-state index contributed by atoms with van der Waals surface area (Å²) in [6.45, 7) is 4.75. The number of nitrogens with zero attached hydrogens (tertiary/aromatic N) is 1. The lowest BCUT2D eigenvalue weighted by molar-refractivity contribution is -0.123. The molecule has 1 fully saturated rings. The van der Waals surface area contributed by atoms with E-state index < -0.39 is 11.9 Å². The average molecular weight is 512 g/mol. The van der Waals surface area contributed by atoms with E-state index in [2.05, 4.69) is 10.7 Å². The molecule has 1 heterocycles. The standard InChI is InChI=1S/C21H19Cl2N3O4S2/c1-3-29-16-8-5-12(9-17(16)30-4-2)10-18-19(27)26(21(31)32-18)25-20(28)24-13-6-7-14(22)15(23)11-13/h5-11H,3-4H2,1-2H3,(H2,24,25,28)/b18-10+. The number of thiocarbonyl (C=S) groups is 1. The highest BCUT2D eigenvalue weighted by Crippen LogP contribution is 2.34. The van der Waals surface area contributed by atoms with Gasteiger partial charge in [0, 0.05) is 5.69 Å². The molecule has 2 N–H and O–H groups in total. The van der Waals surface area contributed by atoms with Crippen LogP contribution in [0.2, 0.25) is 10.0 Å². The summed E-state index contributed by atoms with van der Waals surface area (Å²) in [5, 5.41) is 4.24. The van der Waals surface area contributed by atoms with Gasteiger partial charge in [0.2, 0.25) is 0 Å². The summed E-state index contributed by atoms with van der Waals surface area (Å²) in [5.41, 5.74) is 3.59. The van der Waals surface area contributed by atoms with Crippen LogP contribution in [0, 0.1) is 0 Å². The maximum absolute atomic E-state index is 12.8. The number of thioether (sulfide) groups is 1. The Kier molecular flexibility index (Phi) is 8.25. The van der Waals surface area contributed by atoms with E-state index in [4.69, 9.17) is 44.9 Å². The van der Waals surface area contributed by atoms with Crippen molar-refractivity contribution in [3.8, 4) is 11.5 Å². The lowest BCUT2D eigenvalue weighted by Crippen LogP contribution is -2.46. The maximum atomic E-state index is 12.8. The molecule has 0 radical (unpaired) electrons. The third-order valence-electron chi connectivity index (χ3n) is 4.05. The van der Waals surface area contributed by atoms with Crippen LogP contribution in [0.25, 0.3) is 6.08 Å². The molecule has 0 aliphatic carbocycles. The van der Waals surface area contributed by atoms with Gasteiger partial charge in [-0.3, -0.25) is 4.79 Å². The first-order valence-electron chi connectivity index (χ1n) is 9.52. The van der Waals surface area contributed by atoms with Gasteiger partial charge in [-0.1, -0.05) is 41.0 Å². The predicted molar refractivity (Wildman–Crippen MR) is 132 cm³/mol. The summed E-state index contributed by atoms with van der Waals surface area (Å²) >= 11 is 18.2. The minimum atomic E-state index is -0.652. The monoisotopic (exact) mass is 511 g/mol.